The lowest BCUT2D eigenvalue weighted by Gasteiger charge is -2.27. The predicted octanol–water partition coefficient (Wildman–Crippen LogP) is 3.44. The van der Waals surface area contributed by atoms with E-state index in [1.807, 2.05) is 0 Å². The van der Waals surface area contributed by atoms with Gasteiger partial charge in [0.25, 0.3) is 0 Å². The highest BCUT2D eigenvalue weighted by Crippen LogP contribution is 2.48. The highest BCUT2D eigenvalue weighted by atomic mass is 16.2. The van der Waals surface area contributed by atoms with Crippen LogP contribution in [0.1, 0.15) is 44.6 Å². The van der Waals surface area contributed by atoms with Gasteiger partial charge in [-0.25, -0.2) is 0 Å². The second kappa shape index (κ2) is 4.99. The standard InChI is InChI=1S/C17H23NO/c1-12(2)18(17(19)14-8-9-14)11-15-10-16(15)13-6-4-3-5-7-13/h3-7,12,14-16H,8-11H2,1-2H3. The molecule has 0 N–H and O–H groups in total. The number of carbonyl (C=O) groups excluding carboxylic acids is 1. The van der Waals surface area contributed by atoms with Crippen LogP contribution in [0.15, 0.2) is 30.3 Å². The maximum atomic E-state index is 12.3. The Morgan fingerprint density at radius 1 is 1.26 bits per heavy atom. The third-order valence-corrected chi connectivity index (χ3v) is 4.41. The molecule has 2 aliphatic carbocycles. The molecule has 2 saturated carbocycles. The first-order valence-corrected chi connectivity index (χ1v) is 7.52. The van der Waals surface area contributed by atoms with E-state index in [0.717, 1.165) is 19.4 Å². The van der Waals surface area contributed by atoms with Gasteiger partial charge in [0.05, 0.1) is 0 Å². The van der Waals surface area contributed by atoms with E-state index in [1.165, 1.54) is 12.0 Å². The van der Waals surface area contributed by atoms with Gasteiger partial charge in [-0.1, -0.05) is 30.3 Å². The molecule has 3 rings (SSSR count). The Labute approximate surface area is 115 Å². The van der Waals surface area contributed by atoms with E-state index >= 15 is 0 Å². The molecule has 2 unspecified atom stereocenters. The van der Waals surface area contributed by atoms with Gasteiger partial charge in [0.2, 0.25) is 5.91 Å². The molecular formula is C17H23NO. The van der Waals surface area contributed by atoms with Gasteiger partial charge in [-0.05, 0) is 50.5 Å². The minimum Gasteiger partial charge on any atom is -0.340 e. The molecule has 1 amide bonds. The van der Waals surface area contributed by atoms with Crippen molar-refractivity contribution in [3.05, 3.63) is 35.9 Å². The van der Waals surface area contributed by atoms with E-state index in [2.05, 4.69) is 49.1 Å². The average molecular weight is 257 g/mol. The number of nitrogens with zero attached hydrogens (tertiary/aromatic N) is 1. The first kappa shape index (κ1) is 12.7. The number of hydrogen-bond acceptors (Lipinski definition) is 1. The fourth-order valence-electron chi connectivity index (χ4n) is 2.93. The molecule has 0 radical (unpaired) electrons. The van der Waals surface area contributed by atoms with Crippen LogP contribution in [0.5, 0.6) is 0 Å². The van der Waals surface area contributed by atoms with Gasteiger partial charge >= 0.3 is 0 Å². The van der Waals surface area contributed by atoms with Crippen LogP contribution in [0.4, 0.5) is 0 Å². The molecule has 0 bridgehead atoms. The zero-order chi connectivity index (χ0) is 13.4. The first-order chi connectivity index (χ1) is 9.16. The minimum atomic E-state index is 0.338. The molecular weight excluding hydrogens is 234 g/mol. The summed E-state index contributed by atoms with van der Waals surface area (Å²) in [7, 11) is 0. The molecule has 2 heteroatoms. The molecule has 1 aromatic rings. The summed E-state index contributed by atoms with van der Waals surface area (Å²) in [6.07, 6.45) is 3.45. The Morgan fingerprint density at radius 3 is 2.53 bits per heavy atom. The van der Waals surface area contributed by atoms with Crippen LogP contribution in [-0.4, -0.2) is 23.4 Å². The highest BCUT2D eigenvalue weighted by molar-refractivity contribution is 5.81. The quantitative estimate of drug-likeness (QED) is 0.791. The summed E-state index contributed by atoms with van der Waals surface area (Å²) in [6.45, 7) is 5.23. The summed E-state index contributed by atoms with van der Waals surface area (Å²) in [5.74, 6) is 2.09. The molecule has 0 aromatic heterocycles. The van der Waals surface area contributed by atoms with Crippen molar-refractivity contribution in [1.29, 1.82) is 0 Å². The predicted molar refractivity (Wildman–Crippen MR) is 76.9 cm³/mol. The molecule has 2 atom stereocenters. The van der Waals surface area contributed by atoms with Crippen molar-refractivity contribution < 1.29 is 4.79 Å². The number of hydrogen-bond donors (Lipinski definition) is 0. The lowest BCUT2D eigenvalue weighted by molar-refractivity contribution is -0.134. The minimum absolute atomic E-state index is 0.338. The van der Waals surface area contributed by atoms with E-state index in [4.69, 9.17) is 0 Å². The van der Waals surface area contributed by atoms with E-state index in [9.17, 15) is 4.79 Å². The van der Waals surface area contributed by atoms with Crippen molar-refractivity contribution in [2.75, 3.05) is 6.54 Å². The summed E-state index contributed by atoms with van der Waals surface area (Å²) in [4.78, 5) is 14.4. The Hall–Kier alpha value is -1.31. The van der Waals surface area contributed by atoms with Gasteiger partial charge in [0.15, 0.2) is 0 Å². The Kier molecular flexibility index (Phi) is 3.34. The molecule has 2 aliphatic rings. The Balaban J connectivity index is 1.60. The number of amides is 1. The van der Waals surface area contributed by atoms with Crippen molar-refractivity contribution in [1.82, 2.24) is 4.90 Å². The maximum Gasteiger partial charge on any atom is 0.225 e. The third kappa shape index (κ3) is 2.83. The van der Waals surface area contributed by atoms with Gasteiger partial charge < -0.3 is 4.90 Å². The Morgan fingerprint density at radius 2 is 1.95 bits per heavy atom. The summed E-state index contributed by atoms with van der Waals surface area (Å²) in [6, 6.07) is 11.1. The van der Waals surface area contributed by atoms with Gasteiger partial charge in [-0.3, -0.25) is 4.79 Å². The first-order valence-electron chi connectivity index (χ1n) is 7.52. The molecule has 2 fully saturated rings. The molecule has 0 heterocycles. The molecule has 0 aliphatic heterocycles. The molecule has 0 spiro atoms. The highest BCUT2D eigenvalue weighted by Gasteiger charge is 2.42. The number of carbonyl (C=O) groups is 1. The largest absolute Gasteiger partial charge is 0.340 e. The van der Waals surface area contributed by atoms with E-state index in [-0.39, 0.29) is 0 Å². The maximum absolute atomic E-state index is 12.3. The van der Waals surface area contributed by atoms with Crippen molar-refractivity contribution in [2.24, 2.45) is 11.8 Å². The van der Waals surface area contributed by atoms with Crippen LogP contribution < -0.4 is 0 Å². The molecule has 1 aromatic carbocycles. The number of rotatable bonds is 5. The zero-order valence-electron chi connectivity index (χ0n) is 11.9. The summed E-state index contributed by atoms with van der Waals surface area (Å²) in [5.41, 5.74) is 1.44. The summed E-state index contributed by atoms with van der Waals surface area (Å²) >= 11 is 0. The van der Waals surface area contributed by atoms with Gasteiger partial charge in [0.1, 0.15) is 0 Å². The SMILES string of the molecule is CC(C)N(CC1CC1c1ccccc1)C(=O)C1CC1. The zero-order valence-corrected chi connectivity index (χ0v) is 11.9. The average Bonchev–Trinajstić information content (AvgIpc) is 3.28. The van der Waals surface area contributed by atoms with Crippen LogP contribution in [-0.2, 0) is 4.79 Å². The van der Waals surface area contributed by atoms with Gasteiger partial charge in [-0.15, -0.1) is 0 Å². The molecule has 19 heavy (non-hydrogen) atoms. The molecule has 0 saturated heterocycles. The topological polar surface area (TPSA) is 20.3 Å². The monoisotopic (exact) mass is 257 g/mol. The second-order valence-electron chi connectivity index (χ2n) is 6.37. The van der Waals surface area contributed by atoms with Gasteiger partial charge in [0, 0.05) is 18.5 Å². The lowest BCUT2D eigenvalue weighted by Crippen LogP contribution is -2.39. The van der Waals surface area contributed by atoms with E-state index in [1.54, 1.807) is 0 Å². The normalized spacial score (nSPS) is 25.4. The van der Waals surface area contributed by atoms with E-state index < -0.39 is 0 Å². The number of benzene rings is 1. The van der Waals surface area contributed by atoms with Gasteiger partial charge in [-0.2, -0.15) is 0 Å². The van der Waals surface area contributed by atoms with Crippen molar-refractivity contribution in [2.45, 2.75) is 45.1 Å². The fraction of sp³-hybridized carbons (Fsp3) is 0.588. The molecule has 102 valence electrons. The van der Waals surface area contributed by atoms with Crippen LogP contribution in [0.25, 0.3) is 0 Å². The summed E-state index contributed by atoms with van der Waals surface area (Å²) in [5, 5.41) is 0. The lowest BCUT2D eigenvalue weighted by atomic mass is 10.1. The molecule has 2 nitrogen and oxygen atoms in total. The van der Waals surface area contributed by atoms with Crippen molar-refractivity contribution in [3.63, 3.8) is 0 Å². The van der Waals surface area contributed by atoms with Crippen LogP contribution in [0.2, 0.25) is 0 Å². The summed E-state index contributed by atoms with van der Waals surface area (Å²) < 4.78 is 0. The van der Waals surface area contributed by atoms with Crippen molar-refractivity contribution >= 4 is 5.91 Å². The smallest absolute Gasteiger partial charge is 0.225 e. The van der Waals surface area contributed by atoms with Crippen molar-refractivity contribution in [3.8, 4) is 0 Å². The third-order valence-electron chi connectivity index (χ3n) is 4.41. The Bertz CT molecular complexity index is 450. The van der Waals surface area contributed by atoms with E-state index in [0.29, 0.717) is 29.7 Å². The second-order valence-corrected chi connectivity index (χ2v) is 6.37. The van der Waals surface area contributed by atoms with Crippen LogP contribution in [0.3, 0.4) is 0 Å². The van der Waals surface area contributed by atoms with Crippen LogP contribution in [0, 0.1) is 11.8 Å². The van der Waals surface area contributed by atoms with Crippen LogP contribution >= 0.6 is 0 Å². The fourth-order valence-corrected chi connectivity index (χ4v) is 2.93.